The second-order valence-corrected chi connectivity index (χ2v) is 2.30. The third-order valence-electron chi connectivity index (χ3n) is 1.46. The molecule has 1 N–H and O–H groups in total. The minimum atomic E-state index is -4.40. The van der Waals surface area contributed by atoms with Gasteiger partial charge < -0.3 is 5.11 Å². The number of aliphatic hydroxyl groups excluding tert-OH is 1. The van der Waals surface area contributed by atoms with Crippen molar-refractivity contribution in [2.75, 3.05) is 0 Å². The van der Waals surface area contributed by atoms with Crippen molar-refractivity contribution in [3.8, 4) is 0 Å². The number of alkyl halides is 3. The number of halogens is 3. The second kappa shape index (κ2) is 2.70. The van der Waals surface area contributed by atoms with Gasteiger partial charge in [-0.15, -0.1) is 0 Å². The van der Waals surface area contributed by atoms with Crippen LogP contribution in [0, 0.1) is 0 Å². The van der Waals surface area contributed by atoms with Gasteiger partial charge in [0.15, 0.2) is 0 Å². The van der Waals surface area contributed by atoms with Gasteiger partial charge in [-0.25, -0.2) is 0 Å². The summed E-state index contributed by atoms with van der Waals surface area (Å²) < 4.78 is 35.8. The topological polar surface area (TPSA) is 20.2 Å². The maximum atomic E-state index is 11.9. The van der Waals surface area contributed by atoms with Crippen LogP contribution in [-0.2, 0) is 0 Å². The molecule has 0 fully saturated rings. The normalized spacial score (nSPS) is 25.1. The Kier molecular flexibility index (Phi) is 2.04. The lowest BCUT2D eigenvalue weighted by atomic mass is 10.0. The number of hydrogen-bond acceptors (Lipinski definition) is 1. The highest BCUT2D eigenvalue weighted by molar-refractivity contribution is 5.25. The zero-order valence-corrected chi connectivity index (χ0v) is 5.60. The molecular formula is C7H7F3O. The van der Waals surface area contributed by atoms with Crippen LogP contribution in [0.4, 0.5) is 13.2 Å². The molecular weight excluding hydrogens is 157 g/mol. The molecule has 62 valence electrons. The molecule has 0 radical (unpaired) electrons. The van der Waals surface area contributed by atoms with Crippen molar-refractivity contribution in [1.29, 1.82) is 0 Å². The van der Waals surface area contributed by atoms with Crippen LogP contribution in [0.5, 0.6) is 0 Å². The molecule has 1 rings (SSSR count). The average molecular weight is 164 g/mol. The smallest absolute Gasteiger partial charge is 0.388 e. The van der Waals surface area contributed by atoms with Gasteiger partial charge in [0.2, 0.25) is 0 Å². The first-order valence-corrected chi connectivity index (χ1v) is 3.14. The summed E-state index contributed by atoms with van der Waals surface area (Å²) in [5.74, 6) is 0. The van der Waals surface area contributed by atoms with Gasteiger partial charge in [-0.1, -0.05) is 18.2 Å². The summed E-state index contributed by atoms with van der Waals surface area (Å²) in [6, 6.07) is 0. The number of rotatable bonds is 0. The molecule has 0 aliphatic heterocycles. The van der Waals surface area contributed by atoms with Crippen LogP contribution in [0.1, 0.15) is 6.42 Å². The van der Waals surface area contributed by atoms with Crippen LogP contribution in [0.2, 0.25) is 0 Å². The monoisotopic (exact) mass is 164 g/mol. The molecule has 0 saturated heterocycles. The van der Waals surface area contributed by atoms with Crippen molar-refractivity contribution in [2.24, 2.45) is 0 Å². The Morgan fingerprint density at radius 1 is 1.45 bits per heavy atom. The van der Waals surface area contributed by atoms with Crippen molar-refractivity contribution in [3.63, 3.8) is 0 Å². The van der Waals surface area contributed by atoms with E-state index in [1.807, 2.05) is 0 Å². The highest BCUT2D eigenvalue weighted by Gasteiger charge is 2.37. The molecule has 4 heteroatoms. The molecule has 0 amide bonds. The summed E-state index contributed by atoms with van der Waals surface area (Å²) in [6.45, 7) is 0. The lowest BCUT2D eigenvalue weighted by Gasteiger charge is -2.18. The predicted octanol–water partition coefficient (Wildman–Crippen LogP) is 1.80. The van der Waals surface area contributed by atoms with E-state index < -0.39 is 17.9 Å². The van der Waals surface area contributed by atoms with E-state index in [2.05, 4.69) is 0 Å². The standard InChI is InChI=1S/C7H7F3O/c8-7(9,10)5-3-1-2-4-6(5)11/h1-3,6,11H,4H2. The SMILES string of the molecule is OC1CC=CC=C1C(F)(F)F. The van der Waals surface area contributed by atoms with E-state index in [-0.39, 0.29) is 6.42 Å². The van der Waals surface area contributed by atoms with Gasteiger partial charge in [0, 0.05) is 0 Å². The van der Waals surface area contributed by atoms with E-state index in [4.69, 9.17) is 5.11 Å². The fourth-order valence-corrected chi connectivity index (χ4v) is 0.901. The van der Waals surface area contributed by atoms with Crippen molar-refractivity contribution in [1.82, 2.24) is 0 Å². The summed E-state index contributed by atoms with van der Waals surface area (Å²) in [7, 11) is 0. The highest BCUT2D eigenvalue weighted by atomic mass is 19.4. The van der Waals surface area contributed by atoms with Crippen molar-refractivity contribution < 1.29 is 18.3 Å². The summed E-state index contributed by atoms with van der Waals surface area (Å²) in [4.78, 5) is 0. The fraction of sp³-hybridized carbons (Fsp3) is 0.429. The zero-order chi connectivity index (χ0) is 8.48. The van der Waals surface area contributed by atoms with E-state index in [0.29, 0.717) is 0 Å². The van der Waals surface area contributed by atoms with E-state index in [0.717, 1.165) is 6.08 Å². The fourth-order valence-electron chi connectivity index (χ4n) is 0.901. The number of aliphatic hydroxyl groups is 1. The maximum absolute atomic E-state index is 11.9. The number of allylic oxidation sites excluding steroid dienone is 2. The molecule has 0 saturated carbocycles. The summed E-state index contributed by atoms with van der Waals surface area (Å²) in [5.41, 5.74) is -0.861. The third kappa shape index (κ3) is 1.83. The van der Waals surface area contributed by atoms with E-state index in [9.17, 15) is 13.2 Å². The minimum absolute atomic E-state index is 0.0470. The Morgan fingerprint density at radius 3 is 2.45 bits per heavy atom. The van der Waals surface area contributed by atoms with Crippen LogP contribution >= 0.6 is 0 Å². The maximum Gasteiger partial charge on any atom is 0.415 e. The summed E-state index contributed by atoms with van der Waals surface area (Å²) >= 11 is 0. The molecule has 1 atom stereocenters. The molecule has 1 nitrogen and oxygen atoms in total. The van der Waals surface area contributed by atoms with Crippen molar-refractivity contribution in [2.45, 2.75) is 18.7 Å². The lowest BCUT2D eigenvalue weighted by molar-refractivity contribution is -0.105. The summed E-state index contributed by atoms with van der Waals surface area (Å²) in [6.07, 6.45) is -2.04. The number of hydrogen-bond donors (Lipinski definition) is 1. The zero-order valence-electron chi connectivity index (χ0n) is 5.60. The van der Waals surface area contributed by atoms with Gasteiger partial charge in [0.25, 0.3) is 0 Å². The van der Waals surface area contributed by atoms with Crippen LogP contribution in [0.25, 0.3) is 0 Å². The van der Waals surface area contributed by atoms with Gasteiger partial charge >= 0.3 is 6.18 Å². The molecule has 1 aliphatic rings. The molecule has 0 aromatic heterocycles. The molecule has 11 heavy (non-hydrogen) atoms. The van der Waals surface area contributed by atoms with Crippen molar-refractivity contribution in [3.05, 3.63) is 23.8 Å². The van der Waals surface area contributed by atoms with Gasteiger partial charge in [0.1, 0.15) is 0 Å². The molecule has 0 aromatic carbocycles. The third-order valence-corrected chi connectivity index (χ3v) is 1.46. The average Bonchev–Trinajstić information content (AvgIpc) is 1.86. The van der Waals surface area contributed by atoms with Crippen LogP contribution < -0.4 is 0 Å². The quantitative estimate of drug-likeness (QED) is 0.578. The first-order chi connectivity index (χ1) is 5.02. The Labute approximate surface area is 61.8 Å². The Morgan fingerprint density at radius 2 is 2.09 bits per heavy atom. The first-order valence-electron chi connectivity index (χ1n) is 3.14. The second-order valence-electron chi connectivity index (χ2n) is 2.30. The van der Waals surface area contributed by atoms with Gasteiger partial charge in [0.05, 0.1) is 11.7 Å². The first kappa shape index (κ1) is 8.33. The molecule has 0 aromatic rings. The van der Waals surface area contributed by atoms with Crippen molar-refractivity contribution >= 4 is 0 Å². The largest absolute Gasteiger partial charge is 0.415 e. The molecule has 0 spiro atoms. The van der Waals surface area contributed by atoms with E-state index in [1.165, 1.54) is 12.2 Å². The molecule has 1 unspecified atom stereocenters. The minimum Gasteiger partial charge on any atom is -0.388 e. The molecule has 0 bridgehead atoms. The lowest BCUT2D eigenvalue weighted by Crippen LogP contribution is -2.24. The summed E-state index contributed by atoms with van der Waals surface area (Å²) in [5, 5.41) is 8.87. The van der Waals surface area contributed by atoms with E-state index in [1.54, 1.807) is 0 Å². The highest BCUT2D eigenvalue weighted by Crippen LogP contribution is 2.31. The van der Waals surface area contributed by atoms with Crippen LogP contribution in [-0.4, -0.2) is 17.4 Å². The Balaban J connectivity index is 2.84. The van der Waals surface area contributed by atoms with Gasteiger partial charge in [-0.3, -0.25) is 0 Å². The van der Waals surface area contributed by atoms with Crippen LogP contribution in [0.3, 0.4) is 0 Å². The molecule has 0 heterocycles. The van der Waals surface area contributed by atoms with Gasteiger partial charge in [-0.05, 0) is 6.42 Å². The Bertz CT molecular complexity index is 202. The Hall–Kier alpha value is -0.770. The molecule has 1 aliphatic carbocycles. The van der Waals surface area contributed by atoms with E-state index >= 15 is 0 Å². The van der Waals surface area contributed by atoms with Gasteiger partial charge in [-0.2, -0.15) is 13.2 Å². The van der Waals surface area contributed by atoms with Crippen LogP contribution in [0.15, 0.2) is 23.8 Å². The predicted molar refractivity (Wildman–Crippen MR) is 33.9 cm³/mol.